The molecule has 1 atom stereocenters. The summed E-state index contributed by atoms with van der Waals surface area (Å²) >= 11 is 0. The molecular formula is C17H16N2O4. The van der Waals surface area contributed by atoms with Crippen molar-refractivity contribution in [3.63, 3.8) is 0 Å². The minimum absolute atomic E-state index is 0.0544. The molecule has 6 nitrogen and oxygen atoms in total. The third-order valence-corrected chi connectivity index (χ3v) is 3.50. The summed E-state index contributed by atoms with van der Waals surface area (Å²) in [5.74, 6) is 0.436. The number of hydrogen-bond acceptors (Lipinski definition) is 5. The van der Waals surface area contributed by atoms with Crippen LogP contribution >= 0.6 is 0 Å². The zero-order chi connectivity index (χ0) is 16.3. The molecule has 0 unspecified atom stereocenters. The van der Waals surface area contributed by atoms with Crippen LogP contribution in [0.2, 0.25) is 0 Å². The van der Waals surface area contributed by atoms with Crippen LogP contribution in [0.15, 0.2) is 63.7 Å². The summed E-state index contributed by atoms with van der Waals surface area (Å²) in [7, 11) is 0. The van der Waals surface area contributed by atoms with Gasteiger partial charge in [0.05, 0.1) is 12.8 Å². The molecule has 0 bridgehead atoms. The number of benzene rings is 1. The van der Waals surface area contributed by atoms with E-state index in [9.17, 15) is 9.90 Å². The second-order valence-corrected chi connectivity index (χ2v) is 5.38. The molecule has 1 aromatic carbocycles. The highest BCUT2D eigenvalue weighted by Gasteiger charge is 2.24. The Labute approximate surface area is 132 Å². The minimum atomic E-state index is -1.18. The molecule has 0 aliphatic rings. The lowest BCUT2D eigenvalue weighted by Gasteiger charge is -2.23. The third kappa shape index (κ3) is 3.32. The summed E-state index contributed by atoms with van der Waals surface area (Å²) in [4.78, 5) is 12.1. The maximum Gasteiger partial charge on any atom is 0.273 e. The number of rotatable bonds is 5. The Bertz CT molecular complexity index is 776. The van der Waals surface area contributed by atoms with Crippen molar-refractivity contribution in [2.45, 2.75) is 12.5 Å². The molecule has 0 spiro atoms. The molecule has 2 aromatic heterocycles. The van der Waals surface area contributed by atoms with Crippen LogP contribution in [0.1, 0.15) is 23.0 Å². The Morgan fingerprint density at radius 2 is 2.00 bits per heavy atom. The average molecular weight is 312 g/mol. The van der Waals surface area contributed by atoms with Gasteiger partial charge in [0.25, 0.3) is 5.91 Å². The summed E-state index contributed by atoms with van der Waals surface area (Å²) in [6.45, 7) is 1.69. The van der Waals surface area contributed by atoms with Crippen molar-refractivity contribution in [1.29, 1.82) is 0 Å². The second kappa shape index (κ2) is 6.10. The molecule has 2 heterocycles. The normalized spacial score (nSPS) is 13.5. The number of hydrogen-bond donors (Lipinski definition) is 2. The van der Waals surface area contributed by atoms with Gasteiger partial charge in [0.15, 0.2) is 11.5 Å². The van der Waals surface area contributed by atoms with Gasteiger partial charge in [-0.25, -0.2) is 0 Å². The molecule has 3 rings (SSSR count). The van der Waals surface area contributed by atoms with Crippen molar-refractivity contribution >= 4 is 5.91 Å². The highest BCUT2D eigenvalue weighted by molar-refractivity contribution is 5.92. The number of furan rings is 1. The molecule has 0 saturated carbocycles. The van der Waals surface area contributed by atoms with Gasteiger partial charge in [-0.15, -0.1) is 0 Å². The molecule has 3 aromatic rings. The maximum absolute atomic E-state index is 12.1. The number of aliphatic hydroxyl groups is 1. The maximum atomic E-state index is 12.1. The lowest BCUT2D eigenvalue weighted by molar-refractivity contribution is 0.0524. The van der Waals surface area contributed by atoms with E-state index in [2.05, 4.69) is 10.5 Å². The van der Waals surface area contributed by atoms with E-state index in [0.717, 1.165) is 5.56 Å². The first-order chi connectivity index (χ1) is 11.1. The van der Waals surface area contributed by atoms with Crippen molar-refractivity contribution in [2.24, 2.45) is 0 Å². The van der Waals surface area contributed by atoms with E-state index >= 15 is 0 Å². The smallest absolute Gasteiger partial charge is 0.273 e. The fourth-order valence-corrected chi connectivity index (χ4v) is 2.16. The third-order valence-electron chi connectivity index (χ3n) is 3.50. The van der Waals surface area contributed by atoms with Crippen molar-refractivity contribution in [3.05, 3.63) is 66.1 Å². The Balaban J connectivity index is 1.66. The number of carbonyl (C=O) groups excluding carboxylic acids is 1. The van der Waals surface area contributed by atoms with Crippen molar-refractivity contribution in [1.82, 2.24) is 10.5 Å². The summed E-state index contributed by atoms with van der Waals surface area (Å²) in [5.41, 5.74) is -0.332. The fourth-order valence-electron chi connectivity index (χ4n) is 2.16. The monoisotopic (exact) mass is 312 g/mol. The first kappa shape index (κ1) is 15.1. The van der Waals surface area contributed by atoms with Crippen LogP contribution in [-0.4, -0.2) is 22.7 Å². The Morgan fingerprint density at radius 1 is 1.22 bits per heavy atom. The molecule has 0 aliphatic heterocycles. The largest absolute Gasteiger partial charge is 0.461 e. The molecule has 0 saturated heterocycles. The minimum Gasteiger partial charge on any atom is -0.461 e. The van der Waals surface area contributed by atoms with E-state index in [1.807, 2.05) is 18.2 Å². The van der Waals surface area contributed by atoms with E-state index in [-0.39, 0.29) is 12.2 Å². The highest BCUT2D eigenvalue weighted by atomic mass is 16.5. The van der Waals surface area contributed by atoms with Crippen molar-refractivity contribution < 1.29 is 18.8 Å². The van der Waals surface area contributed by atoms with Crippen molar-refractivity contribution in [2.75, 3.05) is 6.54 Å². The molecule has 0 fully saturated rings. The van der Waals surface area contributed by atoms with Crippen molar-refractivity contribution in [3.8, 4) is 11.5 Å². The Hall–Kier alpha value is -2.86. The van der Waals surface area contributed by atoms with E-state index in [1.54, 1.807) is 31.2 Å². The topological polar surface area (TPSA) is 88.5 Å². The summed E-state index contributed by atoms with van der Waals surface area (Å²) in [6.07, 6.45) is 1.51. The van der Waals surface area contributed by atoms with Crippen LogP contribution in [0.25, 0.3) is 11.5 Å². The van der Waals surface area contributed by atoms with Gasteiger partial charge >= 0.3 is 0 Å². The number of nitrogens with zero attached hydrogens (tertiary/aromatic N) is 1. The predicted octanol–water partition coefficient (Wildman–Crippen LogP) is 2.57. The van der Waals surface area contributed by atoms with E-state index in [4.69, 9.17) is 8.94 Å². The second-order valence-electron chi connectivity index (χ2n) is 5.38. The SMILES string of the molecule is C[C@@](O)(CNC(=O)c1cc(-c2ccco2)on1)c1ccccc1. The van der Waals surface area contributed by atoms with E-state index in [1.165, 1.54) is 12.3 Å². The van der Waals surface area contributed by atoms with Crippen LogP contribution in [0.5, 0.6) is 0 Å². The Morgan fingerprint density at radius 3 is 2.70 bits per heavy atom. The zero-order valence-electron chi connectivity index (χ0n) is 12.5. The fraction of sp³-hybridized carbons (Fsp3) is 0.176. The number of carbonyl (C=O) groups is 1. The van der Waals surface area contributed by atoms with Gasteiger partial charge in [0, 0.05) is 6.07 Å². The van der Waals surface area contributed by atoms with Gasteiger partial charge in [-0.2, -0.15) is 0 Å². The van der Waals surface area contributed by atoms with Gasteiger partial charge in [0.2, 0.25) is 5.76 Å². The first-order valence-corrected chi connectivity index (χ1v) is 7.13. The molecule has 2 N–H and O–H groups in total. The van der Waals surface area contributed by atoms with E-state index < -0.39 is 11.5 Å². The molecular weight excluding hydrogens is 296 g/mol. The van der Waals surface area contributed by atoms with Gasteiger partial charge in [0.1, 0.15) is 5.60 Å². The van der Waals surface area contributed by atoms with Gasteiger partial charge in [-0.3, -0.25) is 4.79 Å². The molecule has 1 amide bonds. The molecule has 23 heavy (non-hydrogen) atoms. The van der Waals surface area contributed by atoms with E-state index in [0.29, 0.717) is 11.5 Å². The van der Waals surface area contributed by atoms with Crippen LogP contribution < -0.4 is 5.32 Å². The van der Waals surface area contributed by atoms with Gasteiger partial charge < -0.3 is 19.4 Å². The van der Waals surface area contributed by atoms with Crippen LogP contribution in [-0.2, 0) is 5.60 Å². The lowest BCUT2D eigenvalue weighted by atomic mass is 9.96. The van der Waals surface area contributed by atoms with Gasteiger partial charge in [-0.1, -0.05) is 35.5 Å². The Kier molecular flexibility index (Phi) is 3.99. The molecule has 0 aliphatic carbocycles. The quantitative estimate of drug-likeness (QED) is 0.756. The standard InChI is InChI=1S/C17H16N2O4/c1-17(21,12-6-3-2-4-7-12)11-18-16(20)13-10-15(23-19-13)14-8-5-9-22-14/h2-10,21H,11H2,1H3,(H,18,20)/t17-/m1/s1. The average Bonchev–Trinajstić information content (AvgIpc) is 3.24. The first-order valence-electron chi connectivity index (χ1n) is 7.13. The molecule has 118 valence electrons. The lowest BCUT2D eigenvalue weighted by Crippen LogP contribution is -2.38. The molecule has 0 radical (unpaired) electrons. The number of aromatic nitrogens is 1. The summed E-state index contributed by atoms with van der Waals surface area (Å²) in [5, 5.41) is 16.8. The number of nitrogens with one attached hydrogen (secondary N) is 1. The highest BCUT2D eigenvalue weighted by Crippen LogP contribution is 2.21. The summed E-state index contributed by atoms with van der Waals surface area (Å²) < 4.78 is 10.3. The van der Waals surface area contributed by atoms with Crippen LogP contribution in [0, 0.1) is 0 Å². The molecule has 6 heteroatoms. The van der Waals surface area contributed by atoms with Crippen LogP contribution in [0.4, 0.5) is 0 Å². The predicted molar refractivity (Wildman–Crippen MR) is 82.6 cm³/mol. The zero-order valence-corrected chi connectivity index (χ0v) is 12.5. The van der Waals surface area contributed by atoms with Gasteiger partial charge in [-0.05, 0) is 24.6 Å². The number of amides is 1. The summed E-state index contributed by atoms with van der Waals surface area (Å²) in [6, 6.07) is 14.1. The van der Waals surface area contributed by atoms with Crippen LogP contribution in [0.3, 0.4) is 0 Å².